The van der Waals surface area contributed by atoms with Crippen LogP contribution in [0.4, 0.5) is 11.7 Å². The van der Waals surface area contributed by atoms with Gasteiger partial charge in [0.05, 0.1) is 20.1 Å². The molecule has 2 aromatic carbocycles. The molecule has 1 amide bonds. The standard InChI is InChI=1S/C28H36N6O4/c1-36-24-9-5-21(6-10-24)26-30-28(38-31-26)34-14-3-4-22(20-34)27(35)29-13-15-32-16-18-33(19-17-32)23-7-11-25(37-2)12-8-23/h5-12,22H,3-4,13-20H2,1-2H3,(H,29,35)/t22-/m0/s1. The van der Waals surface area contributed by atoms with E-state index in [9.17, 15) is 4.79 Å². The number of methoxy groups -OCH3 is 2. The summed E-state index contributed by atoms with van der Waals surface area (Å²) >= 11 is 0. The normalized spacial score (nSPS) is 18.3. The number of carbonyl (C=O) groups excluding carboxylic acids is 1. The van der Waals surface area contributed by atoms with Gasteiger partial charge in [0.25, 0.3) is 0 Å². The number of ether oxygens (including phenoxy) is 2. The number of piperidine rings is 1. The number of nitrogens with zero attached hydrogens (tertiary/aromatic N) is 5. The molecular weight excluding hydrogens is 484 g/mol. The first-order valence-electron chi connectivity index (χ1n) is 13.2. The van der Waals surface area contributed by atoms with Crippen molar-refractivity contribution < 1.29 is 18.8 Å². The van der Waals surface area contributed by atoms with Crippen LogP contribution < -0.4 is 24.6 Å². The van der Waals surface area contributed by atoms with Crippen molar-refractivity contribution in [3.8, 4) is 22.9 Å². The van der Waals surface area contributed by atoms with Crippen molar-refractivity contribution >= 4 is 17.6 Å². The number of benzene rings is 2. The number of carbonyl (C=O) groups is 1. The van der Waals surface area contributed by atoms with Crippen molar-refractivity contribution in [2.75, 3.05) is 76.4 Å². The molecule has 0 unspecified atom stereocenters. The minimum atomic E-state index is -0.0907. The predicted octanol–water partition coefficient (Wildman–Crippen LogP) is 2.91. The predicted molar refractivity (Wildman–Crippen MR) is 146 cm³/mol. The summed E-state index contributed by atoms with van der Waals surface area (Å²) in [6.45, 7) is 6.79. The molecule has 1 N–H and O–H groups in total. The Kier molecular flexibility index (Phi) is 8.28. The van der Waals surface area contributed by atoms with E-state index in [0.717, 1.165) is 69.2 Å². The summed E-state index contributed by atoms with van der Waals surface area (Å²) in [7, 11) is 3.32. The Labute approximate surface area is 223 Å². The van der Waals surface area contributed by atoms with E-state index in [-0.39, 0.29) is 11.8 Å². The van der Waals surface area contributed by atoms with E-state index in [4.69, 9.17) is 14.0 Å². The Hall–Kier alpha value is -3.79. The molecule has 0 spiro atoms. The second-order valence-electron chi connectivity index (χ2n) is 9.73. The Morgan fingerprint density at radius 1 is 0.947 bits per heavy atom. The number of nitrogens with one attached hydrogen (secondary N) is 1. The molecule has 5 rings (SSSR count). The molecule has 1 aromatic heterocycles. The molecule has 0 bridgehead atoms. The lowest BCUT2D eigenvalue weighted by atomic mass is 9.97. The monoisotopic (exact) mass is 520 g/mol. The van der Waals surface area contributed by atoms with E-state index in [1.54, 1.807) is 14.2 Å². The Morgan fingerprint density at radius 2 is 1.63 bits per heavy atom. The van der Waals surface area contributed by atoms with Crippen molar-refractivity contribution in [2.45, 2.75) is 12.8 Å². The lowest BCUT2D eigenvalue weighted by molar-refractivity contribution is -0.125. The van der Waals surface area contributed by atoms with Gasteiger partial charge in [-0.15, -0.1) is 0 Å². The maximum atomic E-state index is 12.9. The molecular formula is C28H36N6O4. The third kappa shape index (κ3) is 6.19. The number of anilines is 2. The van der Waals surface area contributed by atoms with Crippen molar-refractivity contribution in [2.24, 2.45) is 5.92 Å². The topological polar surface area (TPSA) is 96.2 Å². The summed E-state index contributed by atoms with van der Waals surface area (Å²) in [5.74, 6) is 2.19. The number of aromatic nitrogens is 2. The molecule has 0 aliphatic carbocycles. The average Bonchev–Trinajstić information content (AvgIpc) is 3.48. The highest BCUT2D eigenvalue weighted by atomic mass is 16.5. The third-order valence-corrected chi connectivity index (χ3v) is 7.36. The third-order valence-electron chi connectivity index (χ3n) is 7.36. The second kappa shape index (κ2) is 12.2. The van der Waals surface area contributed by atoms with Gasteiger partial charge in [-0.1, -0.05) is 5.16 Å². The van der Waals surface area contributed by atoms with Crippen molar-refractivity contribution in [3.63, 3.8) is 0 Å². The number of piperazine rings is 1. The Morgan fingerprint density at radius 3 is 2.32 bits per heavy atom. The number of amides is 1. The molecule has 0 radical (unpaired) electrons. The molecule has 2 saturated heterocycles. The quantitative estimate of drug-likeness (QED) is 0.457. The van der Waals surface area contributed by atoms with Crippen LogP contribution in [-0.4, -0.2) is 87.5 Å². The van der Waals surface area contributed by atoms with E-state index in [0.29, 0.717) is 24.9 Å². The van der Waals surface area contributed by atoms with Crippen LogP contribution in [0.2, 0.25) is 0 Å². The van der Waals surface area contributed by atoms with Crippen LogP contribution in [0.3, 0.4) is 0 Å². The van der Waals surface area contributed by atoms with Crippen molar-refractivity contribution in [3.05, 3.63) is 48.5 Å². The van der Waals surface area contributed by atoms with Crippen LogP contribution in [0.25, 0.3) is 11.4 Å². The minimum absolute atomic E-state index is 0.0907. The van der Waals surface area contributed by atoms with Gasteiger partial charge in [0.1, 0.15) is 11.5 Å². The zero-order valence-corrected chi connectivity index (χ0v) is 22.1. The van der Waals surface area contributed by atoms with E-state index in [1.807, 2.05) is 41.3 Å². The molecule has 2 aliphatic heterocycles. The van der Waals surface area contributed by atoms with Crippen LogP contribution in [0.1, 0.15) is 12.8 Å². The maximum Gasteiger partial charge on any atom is 0.324 e. The first kappa shape index (κ1) is 25.8. The first-order valence-corrected chi connectivity index (χ1v) is 13.2. The Bertz CT molecular complexity index is 1170. The summed E-state index contributed by atoms with van der Waals surface area (Å²) in [6, 6.07) is 16.2. The highest BCUT2D eigenvalue weighted by Gasteiger charge is 2.29. The maximum absolute atomic E-state index is 12.9. The lowest BCUT2D eigenvalue weighted by Gasteiger charge is -2.36. The summed E-state index contributed by atoms with van der Waals surface area (Å²) < 4.78 is 16.0. The van der Waals surface area contributed by atoms with Gasteiger partial charge < -0.3 is 29.1 Å². The lowest BCUT2D eigenvalue weighted by Crippen LogP contribution is -2.49. The zero-order chi connectivity index (χ0) is 26.3. The zero-order valence-electron chi connectivity index (χ0n) is 22.1. The largest absolute Gasteiger partial charge is 0.497 e. The number of hydrogen-bond acceptors (Lipinski definition) is 9. The molecule has 1 atom stereocenters. The first-order chi connectivity index (χ1) is 18.6. The minimum Gasteiger partial charge on any atom is -0.497 e. The van der Waals surface area contributed by atoms with Gasteiger partial charge >= 0.3 is 6.01 Å². The molecule has 2 fully saturated rings. The SMILES string of the molecule is COc1ccc(-c2noc(N3CCC[C@H](C(=O)NCCN4CCN(c5ccc(OC)cc5)CC4)C3)n2)cc1. The number of rotatable bonds is 9. The van der Waals surface area contributed by atoms with Crippen LogP contribution in [0.15, 0.2) is 53.1 Å². The van der Waals surface area contributed by atoms with Crippen molar-refractivity contribution in [1.82, 2.24) is 20.4 Å². The Balaban J connectivity index is 1.05. The fraction of sp³-hybridized carbons (Fsp3) is 0.464. The van der Waals surface area contributed by atoms with Gasteiger partial charge in [-0.3, -0.25) is 9.69 Å². The molecule has 38 heavy (non-hydrogen) atoms. The van der Waals surface area contributed by atoms with E-state index < -0.39 is 0 Å². The summed E-state index contributed by atoms with van der Waals surface area (Å²) in [5.41, 5.74) is 2.08. The molecule has 202 valence electrons. The highest BCUT2D eigenvalue weighted by Crippen LogP contribution is 2.26. The summed E-state index contributed by atoms with van der Waals surface area (Å²) in [6.07, 6.45) is 1.77. The van der Waals surface area contributed by atoms with Gasteiger partial charge in [0, 0.05) is 63.6 Å². The molecule has 3 aromatic rings. The van der Waals surface area contributed by atoms with Gasteiger partial charge in [0.2, 0.25) is 11.7 Å². The molecule has 10 heteroatoms. The highest BCUT2D eigenvalue weighted by molar-refractivity contribution is 5.79. The molecule has 10 nitrogen and oxygen atoms in total. The smallest absolute Gasteiger partial charge is 0.324 e. The average molecular weight is 521 g/mol. The van der Waals surface area contributed by atoms with Gasteiger partial charge in [-0.05, 0) is 61.4 Å². The van der Waals surface area contributed by atoms with Gasteiger partial charge in [-0.25, -0.2) is 0 Å². The van der Waals surface area contributed by atoms with Crippen LogP contribution in [0, 0.1) is 5.92 Å². The fourth-order valence-corrected chi connectivity index (χ4v) is 5.07. The molecule has 0 saturated carbocycles. The van der Waals surface area contributed by atoms with Crippen LogP contribution >= 0.6 is 0 Å². The van der Waals surface area contributed by atoms with Gasteiger partial charge in [0.15, 0.2) is 0 Å². The van der Waals surface area contributed by atoms with Crippen LogP contribution in [-0.2, 0) is 4.79 Å². The fourth-order valence-electron chi connectivity index (χ4n) is 5.07. The second-order valence-corrected chi connectivity index (χ2v) is 9.73. The van der Waals surface area contributed by atoms with E-state index >= 15 is 0 Å². The van der Waals surface area contributed by atoms with Crippen molar-refractivity contribution in [1.29, 1.82) is 0 Å². The summed E-state index contributed by atoms with van der Waals surface area (Å²) in [4.78, 5) is 24.3. The molecule has 2 aliphatic rings. The van der Waals surface area contributed by atoms with E-state index in [2.05, 4.69) is 37.4 Å². The van der Waals surface area contributed by atoms with E-state index in [1.165, 1.54) is 5.69 Å². The van der Waals surface area contributed by atoms with Crippen LogP contribution in [0.5, 0.6) is 11.5 Å². The molecule has 3 heterocycles. The number of hydrogen-bond donors (Lipinski definition) is 1. The van der Waals surface area contributed by atoms with Gasteiger partial charge in [-0.2, -0.15) is 4.98 Å². The summed E-state index contributed by atoms with van der Waals surface area (Å²) in [5, 5.41) is 7.29.